The first kappa shape index (κ1) is 7.07. The molecule has 1 rings (SSSR count). The zero-order chi connectivity index (χ0) is 6.69. The minimum atomic E-state index is -0.233. The molecule has 1 heterocycles. The van der Waals surface area contributed by atoms with Gasteiger partial charge in [0, 0.05) is 6.54 Å². The molecule has 1 aliphatic heterocycles. The van der Waals surface area contributed by atoms with Crippen LogP contribution in [-0.4, -0.2) is 41.5 Å². The van der Waals surface area contributed by atoms with Gasteiger partial charge in [-0.3, -0.25) is 4.79 Å². The molecule has 1 unspecified atom stereocenters. The molecule has 0 aromatic carbocycles. The Morgan fingerprint density at radius 1 is 1.89 bits per heavy atom. The van der Waals surface area contributed by atoms with Crippen LogP contribution in [0.1, 0.15) is 0 Å². The Balaban J connectivity index is 2.39. The van der Waals surface area contributed by atoms with Crippen LogP contribution in [0.15, 0.2) is 0 Å². The van der Waals surface area contributed by atoms with E-state index in [0.717, 1.165) is 0 Å². The van der Waals surface area contributed by atoms with Gasteiger partial charge in [-0.15, -0.1) is 0 Å². The second kappa shape index (κ2) is 3.21. The number of carbonyl (C=O) groups excluding carboxylic acids is 1. The van der Waals surface area contributed by atoms with Crippen LogP contribution < -0.4 is 5.32 Å². The Morgan fingerprint density at radius 2 is 2.67 bits per heavy atom. The van der Waals surface area contributed by atoms with Gasteiger partial charge in [-0.1, -0.05) is 5.28 Å². The van der Waals surface area contributed by atoms with Gasteiger partial charge in [-0.2, -0.15) is 0 Å². The lowest BCUT2D eigenvalue weighted by Gasteiger charge is -2.21. The molecular weight excluding hydrogens is 133 g/mol. The zero-order valence-corrected chi connectivity index (χ0v) is 6.25. The monoisotopic (exact) mass is 141 g/mol. The van der Waals surface area contributed by atoms with E-state index in [0.29, 0.717) is 18.4 Å². The van der Waals surface area contributed by atoms with Crippen molar-refractivity contribution in [3.05, 3.63) is 0 Å². The Labute approximate surface area is 62.2 Å². The summed E-state index contributed by atoms with van der Waals surface area (Å²) < 4.78 is 5.11. The highest BCUT2D eigenvalue weighted by Crippen LogP contribution is 1.99. The molecule has 1 aliphatic rings. The van der Waals surface area contributed by atoms with E-state index in [-0.39, 0.29) is 12.0 Å². The maximum absolute atomic E-state index is 10.8. The number of morpholine rings is 1. The molecule has 3 nitrogen and oxygen atoms in total. The van der Waals surface area contributed by atoms with E-state index in [2.05, 4.69) is 21.6 Å². The third-order valence-corrected chi connectivity index (χ3v) is 1.65. The lowest BCUT2D eigenvalue weighted by Crippen LogP contribution is -2.43. The van der Waals surface area contributed by atoms with Crippen molar-refractivity contribution in [2.75, 3.05) is 13.2 Å². The number of rotatable bonds is 1. The summed E-state index contributed by atoms with van der Waals surface area (Å²) in [5.74, 6) is 0.0104. The largest absolute Gasteiger partial charge is 0.368 e. The molecule has 9 heavy (non-hydrogen) atoms. The number of hydrogen-bond donors (Lipinski definition) is 1. The average Bonchev–Trinajstić information content (AvgIpc) is 1.89. The molecule has 0 saturated carbocycles. The van der Waals surface area contributed by atoms with Crippen molar-refractivity contribution in [1.82, 2.24) is 5.32 Å². The molecule has 2 radical (unpaired) electrons. The van der Waals surface area contributed by atoms with Gasteiger partial charge < -0.3 is 10.1 Å². The Kier molecular flexibility index (Phi) is 2.52. The van der Waals surface area contributed by atoms with Crippen molar-refractivity contribution in [1.29, 1.82) is 0 Å². The highest BCUT2D eigenvalue weighted by molar-refractivity contribution is 6.11. The molecule has 1 N–H and O–H groups in total. The molecule has 0 aromatic rings. The second-order valence-corrected chi connectivity index (χ2v) is 2.36. The summed E-state index contributed by atoms with van der Waals surface area (Å²) in [6.45, 7) is 1.30. The first-order valence-corrected chi connectivity index (χ1v) is 3.75. The van der Waals surface area contributed by atoms with Gasteiger partial charge in [0.1, 0.15) is 22.4 Å². The summed E-state index contributed by atoms with van der Waals surface area (Å²) in [7, 11) is 0. The lowest BCUT2D eigenvalue weighted by atomic mass is 10.3. The van der Waals surface area contributed by atoms with E-state index < -0.39 is 0 Å². The maximum atomic E-state index is 10.8. The van der Waals surface area contributed by atoms with Crippen molar-refractivity contribution >= 4 is 22.2 Å². The Bertz CT molecular complexity index is 118. The first-order chi connectivity index (χ1) is 4.34. The molecule has 1 fully saturated rings. The molecule has 0 bridgehead atoms. The highest BCUT2D eigenvalue weighted by atomic mass is 27.0. The van der Waals surface area contributed by atoms with Crippen molar-refractivity contribution in [2.24, 2.45) is 0 Å². The maximum Gasteiger partial charge on any atom is 0.247 e. The second-order valence-electron chi connectivity index (χ2n) is 1.89. The van der Waals surface area contributed by atoms with E-state index >= 15 is 0 Å². The van der Waals surface area contributed by atoms with Gasteiger partial charge in [0.25, 0.3) is 0 Å². The van der Waals surface area contributed by atoms with Crippen molar-refractivity contribution < 1.29 is 9.53 Å². The van der Waals surface area contributed by atoms with Crippen LogP contribution >= 0.6 is 0 Å². The fourth-order valence-electron chi connectivity index (χ4n) is 0.740. The van der Waals surface area contributed by atoms with Gasteiger partial charge in [0.15, 0.2) is 0 Å². The summed E-state index contributed by atoms with van der Waals surface area (Å²) in [5, 5.41) is 3.39. The first-order valence-electron chi connectivity index (χ1n) is 2.94. The van der Waals surface area contributed by atoms with Crippen LogP contribution in [0, 0.1) is 0 Å². The Hall–Kier alpha value is -0.0375. The summed E-state index contributed by atoms with van der Waals surface area (Å²) in [6.07, 6.45) is -0.233. The summed E-state index contributed by atoms with van der Waals surface area (Å²) in [4.78, 5) is 10.8. The van der Waals surface area contributed by atoms with E-state index in [1.54, 1.807) is 0 Å². The van der Waals surface area contributed by atoms with Crippen molar-refractivity contribution in [2.45, 2.75) is 11.4 Å². The van der Waals surface area contributed by atoms with E-state index in [1.165, 1.54) is 0 Å². The van der Waals surface area contributed by atoms with Crippen molar-refractivity contribution in [3.8, 4) is 0 Å². The minimum Gasteiger partial charge on any atom is -0.368 e. The average molecular weight is 141 g/mol. The van der Waals surface area contributed by atoms with Crippen LogP contribution in [0.25, 0.3) is 0 Å². The molecule has 4 heteroatoms. The minimum absolute atomic E-state index is 0.0104. The van der Waals surface area contributed by atoms with Gasteiger partial charge in [0.2, 0.25) is 5.91 Å². The fraction of sp³-hybridized carbons (Fsp3) is 0.800. The third-order valence-electron chi connectivity index (χ3n) is 1.23. The molecule has 1 saturated heterocycles. The van der Waals surface area contributed by atoms with Crippen LogP contribution in [0.4, 0.5) is 0 Å². The molecule has 1 amide bonds. The standard InChI is InChI=1S/C5H8NO2.Al/c1-4-5(7)6-2-3-8-4;/h4H,1-3H2,(H,6,7);. The van der Waals surface area contributed by atoms with Crippen LogP contribution in [0.5, 0.6) is 0 Å². The number of ether oxygens (including phenoxy) is 1. The smallest absolute Gasteiger partial charge is 0.247 e. The Morgan fingerprint density at radius 3 is 3.11 bits per heavy atom. The topological polar surface area (TPSA) is 38.3 Å². The third kappa shape index (κ3) is 1.68. The number of amides is 1. The van der Waals surface area contributed by atoms with Crippen LogP contribution in [-0.2, 0) is 9.53 Å². The molecule has 48 valence electrons. The summed E-state index contributed by atoms with van der Waals surface area (Å²) in [6, 6.07) is 0. The number of nitrogens with one attached hydrogen (secondary N) is 1. The normalized spacial score (nSPS) is 27.6. The fourth-order valence-corrected chi connectivity index (χ4v) is 1.09. The SMILES string of the molecule is O=C1NCCOC1[CH2][Al]. The lowest BCUT2D eigenvalue weighted by molar-refractivity contribution is -0.136. The van der Waals surface area contributed by atoms with Crippen molar-refractivity contribution in [3.63, 3.8) is 0 Å². The number of carbonyl (C=O) groups is 1. The van der Waals surface area contributed by atoms with E-state index in [4.69, 9.17) is 4.74 Å². The molecule has 0 spiro atoms. The summed E-state index contributed by atoms with van der Waals surface area (Å²) >= 11 is 2.48. The zero-order valence-electron chi connectivity index (χ0n) is 5.09. The summed E-state index contributed by atoms with van der Waals surface area (Å²) in [5.41, 5.74) is 0. The van der Waals surface area contributed by atoms with Gasteiger partial charge in [-0.25, -0.2) is 0 Å². The predicted molar refractivity (Wildman–Crippen MR) is 33.3 cm³/mol. The molecule has 0 aliphatic carbocycles. The van der Waals surface area contributed by atoms with Crippen LogP contribution in [0.3, 0.4) is 0 Å². The van der Waals surface area contributed by atoms with Gasteiger partial charge >= 0.3 is 0 Å². The van der Waals surface area contributed by atoms with Gasteiger partial charge in [-0.05, 0) is 0 Å². The predicted octanol–water partition coefficient (Wildman–Crippen LogP) is -0.912. The molecule has 1 atom stereocenters. The van der Waals surface area contributed by atoms with E-state index in [9.17, 15) is 4.79 Å². The van der Waals surface area contributed by atoms with Gasteiger partial charge in [0.05, 0.1) is 6.61 Å². The quantitative estimate of drug-likeness (QED) is 0.480. The highest BCUT2D eigenvalue weighted by Gasteiger charge is 2.18. The van der Waals surface area contributed by atoms with Crippen LogP contribution in [0.2, 0.25) is 5.28 Å². The van der Waals surface area contributed by atoms with E-state index in [1.807, 2.05) is 0 Å². The molecular formula is C5H8AlNO2. The number of hydrogen-bond acceptors (Lipinski definition) is 2. The molecule has 0 aromatic heterocycles.